The number of nitrogens with zero attached hydrogens (tertiary/aromatic N) is 2. The molecule has 2 aromatic heterocycles. The molecule has 0 fully saturated rings. The number of hydrogen-bond acceptors (Lipinski definition) is 3. The first-order valence-corrected chi connectivity index (χ1v) is 8.86. The van der Waals surface area contributed by atoms with Gasteiger partial charge < -0.3 is 0 Å². The van der Waals surface area contributed by atoms with Crippen LogP contribution in [0.4, 0.5) is 0 Å². The van der Waals surface area contributed by atoms with Crippen molar-refractivity contribution in [2.45, 2.75) is 19.4 Å². The van der Waals surface area contributed by atoms with Crippen molar-refractivity contribution in [1.29, 1.82) is 0 Å². The fraction of sp³-hybridized carbons (Fsp3) is 0.250. The number of hydrogen-bond donors (Lipinski definition) is 0. The van der Waals surface area contributed by atoms with Gasteiger partial charge in [0.25, 0.3) is 5.56 Å². The summed E-state index contributed by atoms with van der Waals surface area (Å²) in [4.78, 5) is 17.4. The largest absolute Gasteiger partial charge is 0.291 e. The van der Waals surface area contributed by atoms with Gasteiger partial charge in [-0.25, -0.2) is 4.98 Å². The zero-order valence-electron chi connectivity index (χ0n) is 11.5. The summed E-state index contributed by atoms with van der Waals surface area (Å²) in [6.45, 7) is 0.581. The molecule has 108 valence electrons. The molecule has 3 rings (SSSR count). The summed E-state index contributed by atoms with van der Waals surface area (Å²) >= 11 is 4.91. The van der Waals surface area contributed by atoms with Gasteiger partial charge in [-0.2, -0.15) is 0 Å². The molecule has 0 atom stereocenters. The van der Waals surface area contributed by atoms with Crippen LogP contribution < -0.4 is 5.56 Å². The molecule has 0 amide bonds. The summed E-state index contributed by atoms with van der Waals surface area (Å²) in [5.41, 5.74) is 2.01. The summed E-state index contributed by atoms with van der Waals surface area (Å²) in [6, 6.07) is 12.0. The molecule has 5 heteroatoms. The van der Waals surface area contributed by atoms with Crippen molar-refractivity contribution in [1.82, 2.24) is 9.55 Å². The molecule has 0 spiro atoms. The Bertz CT molecular complexity index is 795. The molecule has 0 saturated heterocycles. The van der Waals surface area contributed by atoms with Crippen LogP contribution in [0.3, 0.4) is 0 Å². The molecule has 21 heavy (non-hydrogen) atoms. The van der Waals surface area contributed by atoms with Crippen molar-refractivity contribution in [3.05, 3.63) is 63.5 Å². The summed E-state index contributed by atoms with van der Waals surface area (Å²) < 4.78 is 2.56. The van der Waals surface area contributed by atoms with Gasteiger partial charge in [-0.1, -0.05) is 46.3 Å². The maximum Gasteiger partial charge on any atom is 0.271 e. The number of aromatic nitrogens is 2. The fourth-order valence-corrected chi connectivity index (χ4v) is 3.39. The normalized spacial score (nSPS) is 11.1. The maximum atomic E-state index is 12.7. The van der Waals surface area contributed by atoms with E-state index in [1.54, 1.807) is 0 Å². The van der Waals surface area contributed by atoms with Crippen LogP contribution in [0.2, 0.25) is 0 Å². The van der Waals surface area contributed by atoms with Gasteiger partial charge in [-0.15, -0.1) is 11.3 Å². The Balaban J connectivity index is 2.08. The van der Waals surface area contributed by atoms with Gasteiger partial charge in [0.1, 0.15) is 10.5 Å². The lowest BCUT2D eigenvalue weighted by Gasteiger charge is -2.12. The average molecular weight is 363 g/mol. The number of rotatable bonds is 5. The van der Waals surface area contributed by atoms with Crippen molar-refractivity contribution >= 4 is 37.5 Å². The van der Waals surface area contributed by atoms with E-state index in [4.69, 9.17) is 0 Å². The number of aryl methyl sites for hydroxylation is 1. The minimum atomic E-state index is 0.0726. The summed E-state index contributed by atoms with van der Waals surface area (Å²) in [6.07, 6.45) is 1.77. The fourth-order valence-electron chi connectivity index (χ4n) is 2.33. The maximum absolute atomic E-state index is 12.7. The molecule has 0 aliphatic rings. The molecule has 0 radical (unpaired) electrons. The Hall–Kier alpha value is -1.46. The van der Waals surface area contributed by atoms with Crippen LogP contribution in [0.15, 0.2) is 46.6 Å². The smallest absolute Gasteiger partial charge is 0.271 e. The first kappa shape index (κ1) is 14.5. The third kappa shape index (κ3) is 3.09. The first-order chi connectivity index (χ1) is 10.3. The molecular weight excluding hydrogens is 348 g/mol. The van der Waals surface area contributed by atoms with E-state index in [9.17, 15) is 4.79 Å². The SMILES string of the molecule is O=c1c2sccc2nc(CCCBr)n1Cc1ccccc1. The van der Waals surface area contributed by atoms with Gasteiger partial charge in [-0.3, -0.25) is 9.36 Å². The molecule has 0 N–H and O–H groups in total. The van der Waals surface area contributed by atoms with Crippen LogP contribution in [0, 0.1) is 0 Å². The number of benzene rings is 1. The highest BCUT2D eigenvalue weighted by atomic mass is 79.9. The van der Waals surface area contributed by atoms with Gasteiger partial charge in [0.2, 0.25) is 0 Å². The number of fused-ring (bicyclic) bond motifs is 1. The van der Waals surface area contributed by atoms with Crippen molar-refractivity contribution in [2.24, 2.45) is 0 Å². The van der Waals surface area contributed by atoms with Gasteiger partial charge in [0, 0.05) is 11.8 Å². The van der Waals surface area contributed by atoms with E-state index < -0.39 is 0 Å². The molecule has 0 aliphatic carbocycles. The second-order valence-electron chi connectivity index (χ2n) is 4.83. The summed E-state index contributed by atoms with van der Waals surface area (Å²) in [5, 5.41) is 2.84. The lowest BCUT2D eigenvalue weighted by Crippen LogP contribution is -2.25. The van der Waals surface area contributed by atoms with E-state index >= 15 is 0 Å². The van der Waals surface area contributed by atoms with E-state index in [0.29, 0.717) is 6.54 Å². The molecular formula is C16H15BrN2OS. The van der Waals surface area contributed by atoms with E-state index in [1.165, 1.54) is 11.3 Å². The van der Waals surface area contributed by atoms with Crippen molar-refractivity contribution in [2.75, 3.05) is 5.33 Å². The van der Waals surface area contributed by atoms with Gasteiger partial charge in [0.05, 0.1) is 12.1 Å². The third-order valence-corrected chi connectivity index (χ3v) is 4.81. The topological polar surface area (TPSA) is 34.9 Å². The molecule has 1 aromatic carbocycles. The van der Waals surface area contributed by atoms with Crippen molar-refractivity contribution in [3.63, 3.8) is 0 Å². The molecule has 0 saturated carbocycles. The second-order valence-corrected chi connectivity index (χ2v) is 6.54. The van der Waals surface area contributed by atoms with Crippen LogP contribution >= 0.6 is 27.3 Å². The van der Waals surface area contributed by atoms with E-state index in [0.717, 1.165) is 39.8 Å². The second kappa shape index (κ2) is 6.54. The Labute approximate surface area is 135 Å². The monoisotopic (exact) mass is 362 g/mol. The Morgan fingerprint density at radius 2 is 2.00 bits per heavy atom. The van der Waals surface area contributed by atoms with E-state index in [1.807, 2.05) is 46.3 Å². The van der Waals surface area contributed by atoms with Gasteiger partial charge >= 0.3 is 0 Å². The average Bonchev–Trinajstić information content (AvgIpc) is 2.98. The lowest BCUT2D eigenvalue weighted by atomic mass is 10.2. The first-order valence-electron chi connectivity index (χ1n) is 6.86. The van der Waals surface area contributed by atoms with Gasteiger partial charge in [-0.05, 0) is 23.4 Å². The number of halogens is 1. The zero-order chi connectivity index (χ0) is 14.7. The standard InChI is InChI=1S/C16H15BrN2OS/c17-9-4-7-14-18-13-8-10-21-15(13)16(20)19(14)11-12-5-2-1-3-6-12/h1-3,5-6,8,10H,4,7,9,11H2. The Morgan fingerprint density at radius 3 is 2.76 bits per heavy atom. The zero-order valence-corrected chi connectivity index (χ0v) is 13.9. The Morgan fingerprint density at radius 1 is 1.19 bits per heavy atom. The molecule has 0 bridgehead atoms. The van der Waals surface area contributed by atoms with Crippen molar-refractivity contribution < 1.29 is 0 Å². The van der Waals surface area contributed by atoms with E-state index in [-0.39, 0.29) is 5.56 Å². The number of alkyl halides is 1. The predicted molar refractivity (Wildman–Crippen MR) is 91.5 cm³/mol. The number of thiophene rings is 1. The summed E-state index contributed by atoms with van der Waals surface area (Å²) in [7, 11) is 0. The van der Waals surface area contributed by atoms with Crippen LogP contribution in [-0.4, -0.2) is 14.9 Å². The highest BCUT2D eigenvalue weighted by molar-refractivity contribution is 9.09. The predicted octanol–water partition coefficient (Wildman–Crippen LogP) is 3.83. The van der Waals surface area contributed by atoms with Crippen LogP contribution in [0.25, 0.3) is 10.2 Å². The molecule has 3 nitrogen and oxygen atoms in total. The third-order valence-electron chi connectivity index (χ3n) is 3.36. The highest BCUT2D eigenvalue weighted by Crippen LogP contribution is 2.16. The highest BCUT2D eigenvalue weighted by Gasteiger charge is 2.12. The summed E-state index contributed by atoms with van der Waals surface area (Å²) in [5.74, 6) is 0.870. The molecule has 2 heterocycles. The minimum Gasteiger partial charge on any atom is -0.291 e. The van der Waals surface area contributed by atoms with Crippen molar-refractivity contribution in [3.8, 4) is 0 Å². The lowest BCUT2D eigenvalue weighted by molar-refractivity contribution is 0.668. The molecule has 0 aliphatic heterocycles. The quantitative estimate of drug-likeness (QED) is 0.646. The van der Waals surface area contributed by atoms with Gasteiger partial charge in [0.15, 0.2) is 0 Å². The molecule has 0 unspecified atom stereocenters. The minimum absolute atomic E-state index is 0.0726. The van der Waals surface area contributed by atoms with Crippen LogP contribution in [-0.2, 0) is 13.0 Å². The Kier molecular flexibility index (Phi) is 4.51. The van der Waals surface area contributed by atoms with Crippen LogP contribution in [0.5, 0.6) is 0 Å². The van der Waals surface area contributed by atoms with E-state index in [2.05, 4.69) is 20.9 Å². The molecule has 3 aromatic rings. The van der Waals surface area contributed by atoms with Crippen LogP contribution in [0.1, 0.15) is 17.8 Å².